The Morgan fingerprint density at radius 1 is 1.41 bits per heavy atom. The lowest BCUT2D eigenvalue weighted by molar-refractivity contribution is 0.0810. The highest BCUT2D eigenvalue weighted by atomic mass is 19.2. The molecule has 2 rings (SSSR count). The molecule has 2 nitrogen and oxygen atoms in total. The van der Waals surface area contributed by atoms with Gasteiger partial charge in [-0.15, -0.1) is 0 Å². The molecule has 1 aliphatic rings. The van der Waals surface area contributed by atoms with Crippen LogP contribution in [0.15, 0.2) is 18.2 Å². The molecule has 0 saturated carbocycles. The Balaban J connectivity index is 2.32. The predicted octanol–water partition coefficient (Wildman–Crippen LogP) is 2.54. The van der Waals surface area contributed by atoms with E-state index in [0.29, 0.717) is 13.0 Å². The molecular weight excluding hydrogens is 224 g/mol. The lowest BCUT2D eigenvalue weighted by Crippen LogP contribution is -2.33. The second-order valence-corrected chi connectivity index (χ2v) is 4.52. The summed E-state index contributed by atoms with van der Waals surface area (Å²) in [4.78, 5) is 12.3. The molecule has 1 N–H and O–H groups in total. The van der Waals surface area contributed by atoms with Gasteiger partial charge in [-0.05, 0) is 37.6 Å². The van der Waals surface area contributed by atoms with E-state index in [0.717, 1.165) is 25.1 Å². The highest BCUT2D eigenvalue weighted by Gasteiger charge is 2.39. The molecule has 0 radical (unpaired) electrons. The van der Waals surface area contributed by atoms with Crippen LogP contribution in [0.5, 0.6) is 0 Å². The minimum Gasteiger partial charge on any atom is -0.316 e. The summed E-state index contributed by atoms with van der Waals surface area (Å²) in [7, 11) is 0. The second-order valence-electron chi connectivity index (χ2n) is 4.52. The maximum atomic E-state index is 13.1. The van der Waals surface area contributed by atoms with Gasteiger partial charge in [0.15, 0.2) is 17.4 Å². The average molecular weight is 239 g/mol. The molecule has 1 atom stereocenters. The van der Waals surface area contributed by atoms with E-state index in [9.17, 15) is 13.6 Å². The number of Topliss-reactive ketones (excluding diaryl/α,β-unsaturated/α-hetero) is 1. The van der Waals surface area contributed by atoms with Crippen molar-refractivity contribution >= 4 is 5.78 Å². The van der Waals surface area contributed by atoms with Gasteiger partial charge in [-0.1, -0.05) is 6.92 Å². The van der Waals surface area contributed by atoms with Crippen LogP contribution in [-0.4, -0.2) is 18.9 Å². The van der Waals surface area contributed by atoms with E-state index in [-0.39, 0.29) is 11.3 Å². The first-order chi connectivity index (χ1) is 8.09. The molecule has 17 heavy (non-hydrogen) atoms. The molecule has 92 valence electrons. The van der Waals surface area contributed by atoms with Crippen LogP contribution in [-0.2, 0) is 0 Å². The van der Waals surface area contributed by atoms with Crippen molar-refractivity contribution < 1.29 is 13.6 Å². The molecule has 0 aromatic heterocycles. The molecule has 1 aromatic rings. The zero-order chi connectivity index (χ0) is 12.5. The summed E-state index contributed by atoms with van der Waals surface area (Å²) in [6.07, 6.45) is 1.46. The largest absolute Gasteiger partial charge is 0.316 e. The van der Waals surface area contributed by atoms with Crippen LogP contribution < -0.4 is 5.32 Å². The van der Waals surface area contributed by atoms with Crippen molar-refractivity contribution in [3.05, 3.63) is 35.4 Å². The van der Waals surface area contributed by atoms with Gasteiger partial charge in [0.25, 0.3) is 0 Å². The van der Waals surface area contributed by atoms with Crippen molar-refractivity contribution in [1.29, 1.82) is 0 Å². The van der Waals surface area contributed by atoms with E-state index in [4.69, 9.17) is 0 Å². The van der Waals surface area contributed by atoms with Crippen molar-refractivity contribution in [3.8, 4) is 0 Å². The van der Waals surface area contributed by atoms with Crippen LogP contribution in [0.1, 0.15) is 30.1 Å². The van der Waals surface area contributed by atoms with Gasteiger partial charge < -0.3 is 5.32 Å². The Morgan fingerprint density at radius 3 is 2.71 bits per heavy atom. The van der Waals surface area contributed by atoms with Gasteiger partial charge in [0, 0.05) is 17.5 Å². The van der Waals surface area contributed by atoms with Crippen LogP contribution >= 0.6 is 0 Å². The number of nitrogens with one attached hydrogen (secondary N) is 1. The zero-order valence-electron chi connectivity index (χ0n) is 9.72. The molecule has 1 aromatic carbocycles. The lowest BCUT2D eigenvalue weighted by atomic mass is 9.77. The minimum absolute atomic E-state index is 0.0936. The normalized spacial score (nSPS) is 23.9. The number of hydrogen-bond acceptors (Lipinski definition) is 2. The third-order valence-corrected chi connectivity index (χ3v) is 3.58. The van der Waals surface area contributed by atoms with Crippen molar-refractivity contribution in [3.63, 3.8) is 0 Å². The summed E-state index contributed by atoms with van der Waals surface area (Å²) in [6, 6.07) is 3.36. The van der Waals surface area contributed by atoms with Crippen LogP contribution in [0.4, 0.5) is 8.78 Å². The van der Waals surface area contributed by atoms with E-state index in [1.165, 1.54) is 6.07 Å². The Kier molecular flexibility index (Phi) is 3.24. The van der Waals surface area contributed by atoms with E-state index < -0.39 is 17.0 Å². The van der Waals surface area contributed by atoms with Gasteiger partial charge >= 0.3 is 0 Å². The van der Waals surface area contributed by atoms with Crippen LogP contribution in [0.25, 0.3) is 0 Å². The molecule has 4 heteroatoms. The Morgan fingerprint density at radius 2 is 2.18 bits per heavy atom. The standard InChI is InChI=1S/C13H15F2NO/c1-2-13(5-6-16-8-13)12(17)9-3-4-10(14)11(15)7-9/h3-4,7,16H,2,5-6,8H2,1H3. The van der Waals surface area contributed by atoms with Crippen molar-refractivity contribution in [2.45, 2.75) is 19.8 Å². The molecular formula is C13H15F2NO. The molecule has 0 amide bonds. The van der Waals surface area contributed by atoms with E-state index in [1.54, 1.807) is 0 Å². The predicted molar refractivity (Wildman–Crippen MR) is 60.9 cm³/mol. The molecule has 1 fully saturated rings. The summed E-state index contributed by atoms with van der Waals surface area (Å²) in [5.74, 6) is -1.98. The highest BCUT2D eigenvalue weighted by Crippen LogP contribution is 2.33. The number of rotatable bonds is 3. The molecule has 1 unspecified atom stereocenters. The van der Waals surface area contributed by atoms with Crippen molar-refractivity contribution in [2.75, 3.05) is 13.1 Å². The Hall–Kier alpha value is -1.29. The maximum Gasteiger partial charge on any atom is 0.170 e. The first-order valence-electron chi connectivity index (χ1n) is 5.79. The quantitative estimate of drug-likeness (QED) is 0.821. The first-order valence-corrected chi connectivity index (χ1v) is 5.79. The van der Waals surface area contributed by atoms with Gasteiger partial charge in [0.1, 0.15) is 0 Å². The van der Waals surface area contributed by atoms with Gasteiger partial charge in [-0.25, -0.2) is 8.78 Å². The van der Waals surface area contributed by atoms with Crippen LogP contribution in [0, 0.1) is 17.0 Å². The first kappa shape index (κ1) is 12.2. The van der Waals surface area contributed by atoms with Gasteiger partial charge in [0.05, 0.1) is 0 Å². The summed E-state index contributed by atoms with van der Waals surface area (Å²) in [5, 5.41) is 3.15. The number of halogens is 2. The number of carbonyl (C=O) groups excluding carboxylic acids is 1. The minimum atomic E-state index is -0.965. The fourth-order valence-electron chi connectivity index (χ4n) is 2.34. The molecule has 1 heterocycles. The Bertz CT molecular complexity index is 439. The average Bonchev–Trinajstić information content (AvgIpc) is 2.81. The summed E-state index contributed by atoms with van der Waals surface area (Å²) in [6.45, 7) is 3.36. The number of hydrogen-bond donors (Lipinski definition) is 1. The fourth-order valence-corrected chi connectivity index (χ4v) is 2.34. The Labute approximate surface area is 99.0 Å². The lowest BCUT2D eigenvalue weighted by Gasteiger charge is -2.24. The summed E-state index contributed by atoms with van der Waals surface area (Å²) in [5.41, 5.74) is -0.195. The molecule has 1 saturated heterocycles. The van der Waals surface area contributed by atoms with E-state index >= 15 is 0 Å². The molecule has 0 spiro atoms. The number of ketones is 1. The maximum absolute atomic E-state index is 13.1. The van der Waals surface area contributed by atoms with Gasteiger partial charge in [-0.3, -0.25) is 4.79 Å². The van der Waals surface area contributed by atoms with Crippen LogP contribution in [0.2, 0.25) is 0 Å². The second kappa shape index (κ2) is 4.53. The third kappa shape index (κ3) is 2.09. The topological polar surface area (TPSA) is 29.1 Å². The fraction of sp³-hybridized carbons (Fsp3) is 0.462. The summed E-state index contributed by atoms with van der Waals surface area (Å²) < 4.78 is 25.9. The smallest absolute Gasteiger partial charge is 0.170 e. The van der Waals surface area contributed by atoms with Gasteiger partial charge in [0.2, 0.25) is 0 Å². The van der Waals surface area contributed by atoms with E-state index in [2.05, 4.69) is 5.32 Å². The summed E-state index contributed by atoms with van der Waals surface area (Å²) >= 11 is 0. The van der Waals surface area contributed by atoms with E-state index in [1.807, 2.05) is 6.92 Å². The van der Waals surface area contributed by atoms with Crippen molar-refractivity contribution in [1.82, 2.24) is 5.32 Å². The third-order valence-electron chi connectivity index (χ3n) is 3.58. The SMILES string of the molecule is CCC1(C(=O)c2ccc(F)c(F)c2)CCNC1. The van der Waals surface area contributed by atoms with Crippen LogP contribution in [0.3, 0.4) is 0 Å². The molecule has 1 aliphatic heterocycles. The highest BCUT2D eigenvalue weighted by molar-refractivity contribution is 6.00. The number of carbonyl (C=O) groups is 1. The molecule has 0 bridgehead atoms. The zero-order valence-corrected chi connectivity index (χ0v) is 9.72. The number of benzene rings is 1. The van der Waals surface area contributed by atoms with Gasteiger partial charge in [-0.2, -0.15) is 0 Å². The molecule has 0 aliphatic carbocycles. The van der Waals surface area contributed by atoms with Crippen molar-refractivity contribution in [2.24, 2.45) is 5.41 Å². The monoisotopic (exact) mass is 239 g/mol.